The Kier molecular flexibility index (Phi) is 1.40. The molecule has 55 valence electrons. The third-order valence-corrected chi connectivity index (χ3v) is 1.32. The summed E-state index contributed by atoms with van der Waals surface area (Å²) in [6.45, 7) is 0. The Balaban J connectivity index is 2.14. The highest BCUT2D eigenvalue weighted by Gasteiger charge is 1.98. The molecule has 0 amide bonds. The monoisotopic (exact) mass is 148 g/mol. The van der Waals surface area contributed by atoms with Gasteiger partial charge in [-0.15, -0.1) is 5.10 Å². The molecule has 2 aromatic rings. The number of nitrogens with zero attached hydrogens (tertiary/aromatic N) is 3. The van der Waals surface area contributed by atoms with E-state index in [1.807, 2.05) is 0 Å². The third-order valence-electron chi connectivity index (χ3n) is 1.32. The second kappa shape index (κ2) is 2.53. The first kappa shape index (κ1) is 6.09. The molecule has 0 fully saturated rings. The van der Waals surface area contributed by atoms with Crippen molar-refractivity contribution in [3.05, 3.63) is 30.1 Å². The van der Waals surface area contributed by atoms with Gasteiger partial charge in [-0.3, -0.25) is 5.10 Å². The van der Waals surface area contributed by atoms with E-state index in [-0.39, 0.29) is 0 Å². The van der Waals surface area contributed by atoms with E-state index in [0.717, 1.165) is 11.5 Å². The zero-order chi connectivity index (χ0) is 7.52. The fraction of sp³-hybridized carbons (Fsp3) is 0.167. The molecule has 0 saturated heterocycles. The van der Waals surface area contributed by atoms with Crippen molar-refractivity contribution in [1.29, 1.82) is 0 Å². The molecule has 2 aromatic heterocycles. The third kappa shape index (κ3) is 1.26. The van der Waals surface area contributed by atoms with Crippen molar-refractivity contribution in [2.75, 3.05) is 0 Å². The number of imidazole rings is 1. The maximum absolute atomic E-state index is 4.04. The zero-order valence-electron chi connectivity index (χ0n) is 5.70. The van der Waals surface area contributed by atoms with E-state index in [2.05, 4.69) is 31.6 Å². The first-order chi connectivity index (χ1) is 5.45. The van der Waals surface area contributed by atoms with Gasteiger partial charge in [-0.2, -0.15) is 0 Å². The van der Waals surface area contributed by atoms with Gasteiger partial charge in [-0.1, -0.05) is 5.21 Å². The minimum Gasteiger partial charge on any atom is -0.348 e. The summed E-state index contributed by atoms with van der Waals surface area (Å²) in [5.74, 6) is 0.882. The van der Waals surface area contributed by atoms with Gasteiger partial charge in [0.15, 0.2) is 0 Å². The molecule has 0 bridgehead atoms. The van der Waals surface area contributed by atoms with E-state index in [4.69, 9.17) is 0 Å². The summed E-state index contributed by atoms with van der Waals surface area (Å²) in [5.41, 5.74) is 0.833. The van der Waals surface area contributed by atoms with Gasteiger partial charge in [0.2, 0.25) is 0 Å². The minimum absolute atomic E-state index is 0.667. The summed E-state index contributed by atoms with van der Waals surface area (Å²) in [4.78, 5) is 7.01. The Bertz CT molecular complexity index is 263. The Hall–Kier alpha value is -1.65. The minimum atomic E-state index is 0.667. The molecule has 0 saturated carbocycles. The molecule has 0 aliphatic rings. The van der Waals surface area contributed by atoms with Crippen LogP contribution in [0.1, 0.15) is 11.5 Å². The molecule has 0 spiro atoms. The van der Waals surface area contributed by atoms with Crippen molar-refractivity contribution >= 4 is 0 Å². The highest BCUT2D eigenvalue weighted by molar-refractivity contribution is 5.01. The van der Waals surface area contributed by atoms with Crippen LogP contribution in [0.5, 0.6) is 0 Å². The average molecular weight is 148 g/mol. The predicted molar refractivity (Wildman–Crippen MR) is 36.6 cm³/mol. The Morgan fingerprint density at radius 1 is 1.55 bits per heavy atom. The van der Waals surface area contributed by atoms with Crippen molar-refractivity contribution in [3.8, 4) is 0 Å². The molecule has 5 nitrogen and oxygen atoms in total. The molecular formula is C6H6N5. The van der Waals surface area contributed by atoms with Gasteiger partial charge in [0.1, 0.15) is 12.0 Å². The van der Waals surface area contributed by atoms with Crippen LogP contribution in [0.2, 0.25) is 0 Å². The van der Waals surface area contributed by atoms with Gasteiger partial charge in [0.05, 0.1) is 5.69 Å². The molecule has 1 radical (unpaired) electrons. The normalized spacial score (nSPS) is 10.2. The van der Waals surface area contributed by atoms with E-state index >= 15 is 0 Å². The number of hydrogen-bond acceptors (Lipinski definition) is 3. The number of rotatable bonds is 2. The smallest absolute Gasteiger partial charge is 0.138 e. The van der Waals surface area contributed by atoms with Crippen LogP contribution < -0.4 is 0 Å². The molecule has 11 heavy (non-hydrogen) atoms. The lowest BCUT2D eigenvalue weighted by Gasteiger charge is -1.88. The van der Waals surface area contributed by atoms with Gasteiger partial charge < -0.3 is 4.98 Å². The molecule has 2 N–H and O–H groups in total. The van der Waals surface area contributed by atoms with Gasteiger partial charge in [0.25, 0.3) is 0 Å². The van der Waals surface area contributed by atoms with Crippen molar-refractivity contribution < 1.29 is 0 Å². The maximum atomic E-state index is 4.04. The number of nitrogens with one attached hydrogen (secondary N) is 2. The van der Waals surface area contributed by atoms with Crippen molar-refractivity contribution in [1.82, 2.24) is 25.4 Å². The van der Waals surface area contributed by atoms with Gasteiger partial charge in [-0.05, 0) is 0 Å². The second-order valence-corrected chi connectivity index (χ2v) is 2.11. The summed E-state index contributed by atoms with van der Waals surface area (Å²) >= 11 is 0. The maximum Gasteiger partial charge on any atom is 0.138 e. The number of H-pyrrole nitrogens is 2. The molecule has 0 aliphatic heterocycles. The van der Waals surface area contributed by atoms with E-state index in [0.29, 0.717) is 6.42 Å². The van der Waals surface area contributed by atoms with Crippen molar-refractivity contribution in [2.24, 2.45) is 0 Å². The second-order valence-electron chi connectivity index (χ2n) is 2.11. The largest absolute Gasteiger partial charge is 0.348 e. The summed E-state index contributed by atoms with van der Waals surface area (Å²) in [5, 5.41) is 9.76. The number of hydrogen-bond donors (Lipinski definition) is 2. The van der Waals surface area contributed by atoms with Crippen LogP contribution in [0, 0.1) is 6.20 Å². The van der Waals surface area contributed by atoms with Gasteiger partial charge >= 0.3 is 0 Å². The van der Waals surface area contributed by atoms with Crippen LogP contribution in [0.4, 0.5) is 0 Å². The van der Waals surface area contributed by atoms with Crippen molar-refractivity contribution in [3.63, 3.8) is 0 Å². The number of aromatic amines is 2. The Morgan fingerprint density at radius 2 is 2.55 bits per heavy atom. The zero-order valence-corrected chi connectivity index (χ0v) is 5.70. The Morgan fingerprint density at radius 3 is 3.18 bits per heavy atom. The molecule has 0 aliphatic carbocycles. The average Bonchev–Trinajstić information content (AvgIpc) is 2.60. The van der Waals surface area contributed by atoms with E-state index in [9.17, 15) is 0 Å². The lowest BCUT2D eigenvalue weighted by Crippen LogP contribution is -1.90. The molecule has 0 atom stereocenters. The quantitative estimate of drug-likeness (QED) is 0.625. The summed E-state index contributed by atoms with van der Waals surface area (Å²) in [6, 6.07) is 0. The first-order valence-electron chi connectivity index (χ1n) is 3.21. The summed E-state index contributed by atoms with van der Waals surface area (Å²) in [7, 11) is 0. The fourth-order valence-corrected chi connectivity index (χ4v) is 0.837. The molecule has 0 aromatic carbocycles. The molecule has 0 unspecified atom stereocenters. The van der Waals surface area contributed by atoms with E-state index in [1.165, 1.54) is 0 Å². The van der Waals surface area contributed by atoms with Crippen molar-refractivity contribution in [2.45, 2.75) is 6.42 Å². The van der Waals surface area contributed by atoms with Gasteiger partial charge in [-0.25, -0.2) is 4.98 Å². The van der Waals surface area contributed by atoms with Crippen LogP contribution in [0.3, 0.4) is 0 Å². The molecule has 2 rings (SSSR count). The highest BCUT2D eigenvalue weighted by atomic mass is 15.3. The lowest BCUT2D eigenvalue weighted by molar-refractivity contribution is 0.900. The topological polar surface area (TPSA) is 70.2 Å². The predicted octanol–water partition coefficient (Wildman–Crippen LogP) is -0.0812. The molecular weight excluding hydrogens is 142 g/mol. The fourth-order valence-electron chi connectivity index (χ4n) is 0.837. The number of aromatic nitrogens is 5. The highest BCUT2D eigenvalue weighted by Crippen LogP contribution is 1.97. The molecule has 2 heterocycles. The SMILES string of the molecule is [c]1nn[nH]c1Cc1ncc[nH]1. The molecule has 5 heteroatoms. The van der Waals surface area contributed by atoms with Crippen LogP contribution in [0.25, 0.3) is 0 Å². The van der Waals surface area contributed by atoms with Crippen LogP contribution in [-0.4, -0.2) is 25.4 Å². The Labute approximate surface area is 62.9 Å². The summed E-state index contributed by atoms with van der Waals surface area (Å²) in [6.07, 6.45) is 6.85. The van der Waals surface area contributed by atoms with Gasteiger partial charge in [0, 0.05) is 18.8 Å². The lowest BCUT2D eigenvalue weighted by atomic mass is 10.3. The van der Waals surface area contributed by atoms with Crippen LogP contribution in [-0.2, 0) is 6.42 Å². The standard InChI is InChI=1S/C6H6N5/c1-2-8-6(7-1)3-5-4-9-11-10-5/h1-2H,3H2,(H,7,8)(H,9,10,11). The van der Waals surface area contributed by atoms with Crippen LogP contribution in [0.15, 0.2) is 12.4 Å². The van der Waals surface area contributed by atoms with E-state index < -0.39 is 0 Å². The first-order valence-corrected chi connectivity index (χ1v) is 3.21. The van der Waals surface area contributed by atoms with Crippen LogP contribution >= 0.6 is 0 Å². The van der Waals surface area contributed by atoms with E-state index in [1.54, 1.807) is 12.4 Å². The summed E-state index contributed by atoms with van der Waals surface area (Å²) < 4.78 is 0.